The molecule has 3 rings (SSSR count). The Balaban J connectivity index is 1.93. The number of hydrogen-bond donors (Lipinski definition) is 1. The van der Waals surface area contributed by atoms with Gasteiger partial charge < -0.3 is 10.0 Å². The Bertz CT molecular complexity index is 547. The third kappa shape index (κ3) is 2.01. The predicted octanol–water partition coefficient (Wildman–Crippen LogP) is 2.54. The maximum Gasteiger partial charge on any atom is 0.416 e. The number of aliphatic carboxylic acids is 1. The summed E-state index contributed by atoms with van der Waals surface area (Å²) in [6.45, 7) is 0. The van der Waals surface area contributed by atoms with Crippen LogP contribution in [-0.4, -0.2) is 28.1 Å². The van der Waals surface area contributed by atoms with E-state index in [4.69, 9.17) is 5.11 Å². The van der Waals surface area contributed by atoms with Crippen LogP contribution in [0.5, 0.6) is 0 Å². The molecule has 0 amide bonds. The van der Waals surface area contributed by atoms with E-state index >= 15 is 0 Å². The molecule has 1 aromatic rings. The first-order chi connectivity index (χ1) is 9.38. The molecule has 2 saturated heterocycles. The van der Waals surface area contributed by atoms with E-state index in [2.05, 4.69) is 4.98 Å². The molecular formula is C13H13F3N2O2. The molecule has 20 heavy (non-hydrogen) atoms. The number of halogens is 3. The molecule has 2 aliphatic rings. The van der Waals surface area contributed by atoms with Crippen LogP contribution in [0.25, 0.3) is 0 Å². The summed E-state index contributed by atoms with van der Waals surface area (Å²) in [5, 5.41) is 9.16. The Labute approximate surface area is 113 Å². The van der Waals surface area contributed by atoms with Crippen molar-refractivity contribution in [1.82, 2.24) is 4.98 Å². The molecule has 0 aromatic carbocycles. The molecule has 1 aromatic heterocycles. The molecule has 3 heterocycles. The minimum Gasteiger partial charge on any atom is -0.481 e. The zero-order valence-electron chi connectivity index (χ0n) is 10.5. The molecule has 2 aliphatic heterocycles. The lowest BCUT2D eigenvalue weighted by Crippen LogP contribution is -2.33. The summed E-state index contributed by atoms with van der Waals surface area (Å²) < 4.78 is 38.2. The molecule has 2 fully saturated rings. The zero-order chi connectivity index (χ0) is 14.5. The minimum atomic E-state index is -4.41. The first-order valence-electron chi connectivity index (χ1n) is 6.42. The van der Waals surface area contributed by atoms with Crippen molar-refractivity contribution in [3.8, 4) is 0 Å². The number of carboxylic acid groups (broad SMARTS) is 1. The van der Waals surface area contributed by atoms with Crippen molar-refractivity contribution in [3.63, 3.8) is 0 Å². The number of aromatic nitrogens is 1. The summed E-state index contributed by atoms with van der Waals surface area (Å²) in [6.07, 6.45) is -1.29. The van der Waals surface area contributed by atoms with Crippen molar-refractivity contribution in [2.45, 2.75) is 37.5 Å². The van der Waals surface area contributed by atoms with Gasteiger partial charge >= 0.3 is 12.1 Å². The lowest BCUT2D eigenvalue weighted by molar-refractivity contribution is -0.142. The molecule has 7 heteroatoms. The van der Waals surface area contributed by atoms with Gasteiger partial charge in [-0.3, -0.25) is 4.79 Å². The van der Waals surface area contributed by atoms with Crippen LogP contribution in [0.4, 0.5) is 19.0 Å². The average Bonchev–Trinajstić information content (AvgIpc) is 2.95. The summed E-state index contributed by atoms with van der Waals surface area (Å²) in [5.74, 6) is -1.16. The lowest BCUT2D eigenvalue weighted by atomic mass is 9.89. The Kier molecular flexibility index (Phi) is 2.88. The SMILES string of the molecule is O=C(O)C1CC2CCC1N2c1cc(C(F)(F)F)ccn1. The molecule has 108 valence electrons. The predicted molar refractivity (Wildman–Crippen MR) is 64.3 cm³/mol. The number of carbonyl (C=O) groups is 1. The molecule has 0 saturated carbocycles. The summed E-state index contributed by atoms with van der Waals surface area (Å²) in [4.78, 5) is 16.9. The van der Waals surface area contributed by atoms with Gasteiger partial charge in [-0.2, -0.15) is 13.2 Å². The zero-order valence-corrected chi connectivity index (χ0v) is 10.5. The van der Waals surface area contributed by atoms with Crippen LogP contribution in [0.2, 0.25) is 0 Å². The molecular weight excluding hydrogens is 273 g/mol. The van der Waals surface area contributed by atoms with Gasteiger partial charge in [0.05, 0.1) is 11.5 Å². The quantitative estimate of drug-likeness (QED) is 0.907. The van der Waals surface area contributed by atoms with Gasteiger partial charge in [-0.1, -0.05) is 0 Å². The molecule has 1 N–H and O–H groups in total. The van der Waals surface area contributed by atoms with Crippen molar-refractivity contribution in [2.75, 3.05) is 4.90 Å². The van der Waals surface area contributed by atoms with Crippen LogP contribution in [0.3, 0.4) is 0 Å². The van der Waals surface area contributed by atoms with E-state index in [0.29, 0.717) is 12.8 Å². The molecule has 3 atom stereocenters. The van der Waals surface area contributed by atoms with Gasteiger partial charge in [0.25, 0.3) is 0 Å². The van der Waals surface area contributed by atoms with Crippen LogP contribution in [0.15, 0.2) is 18.3 Å². The molecule has 3 unspecified atom stereocenters. The first kappa shape index (κ1) is 13.2. The number of rotatable bonds is 2. The Morgan fingerprint density at radius 2 is 2.15 bits per heavy atom. The van der Waals surface area contributed by atoms with Gasteiger partial charge in [0.15, 0.2) is 0 Å². The van der Waals surface area contributed by atoms with Gasteiger partial charge in [0, 0.05) is 18.3 Å². The summed E-state index contributed by atoms with van der Waals surface area (Å²) in [7, 11) is 0. The van der Waals surface area contributed by atoms with Gasteiger partial charge in [-0.25, -0.2) is 4.98 Å². The van der Waals surface area contributed by atoms with E-state index in [-0.39, 0.29) is 17.9 Å². The van der Waals surface area contributed by atoms with E-state index in [9.17, 15) is 18.0 Å². The van der Waals surface area contributed by atoms with Crippen molar-refractivity contribution < 1.29 is 23.1 Å². The molecule has 2 bridgehead atoms. The minimum absolute atomic E-state index is 0.0166. The highest BCUT2D eigenvalue weighted by Gasteiger charge is 2.50. The van der Waals surface area contributed by atoms with E-state index in [0.717, 1.165) is 24.8 Å². The second kappa shape index (κ2) is 4.36. The van der Waals surface area contributed by atoms with E-state index in [1.807, 2.05) is 0 Å². The Morgan fingerprint density at radius 3 is 2.75 bits per heavy atom. The van der Waals surface area contributed by atoms with Crippen molar-refractivity contribution in [1.29, 1.82) is 0 Å². The van der Waals surface area contributed by atoms with Crippen LogP contribution < -0.4 is 4.90 Å². The maximum absolute atomic E-state index is 12.7. The highest BCUT2D eigenvalue weighted by molar-refractivity contribution is 5.73. The largest absolute Gasteiger partial charge is 0.481 e. The summed E-state index contributed by atoms with van der Waals surface area (Å²) in [5.41, 5.74) is -0.749. The van der Waals surface area contributed by atoms with E-state index in [1.54, 1.807) is 4.90 Å². The highest BCUT2D eigenvalue weighted by atomic mass is 19.4. The normalized spacial score (nSPS) is 28.9. The topological polar surface area (TPSA) is 53.4 Å². The summed E-state index contributed by atoms with van der Waals surface area (Å²) in [6, 6.07) is 1.68. The third-order valence-electron chi connectivity index (χ3n) is 4.19. The van der Waals surface area contributed by atoms with Crippen molar-refractivity contribution >= 4 is 11.8 Å². The fourth-order valence-corrected chi connectivity index (χ4v) is 3.35. The van der Waals surface area contributed by atoms with Gasteiger partial charge in [0.2, 0.25) is 0 Å². The molecule has 4 nitrogen and oxygen atoms in total. The Hall–Kier alpha value is -1.79. The van der Waals surface area contributed by atoms with Crippen LogP contribution in [-0.2, 0) is 11.0 Å². The number of anilines is 1. The highest BCUT2D eigenvalue weighted by Crippen LogP contribution is 2.44. The maximum atomic E-state index is 12.7. The fourth-order valence-electron chi connectivity index (χ4n) is 3.35. The van der Waals surface area contributed by atoms with E-state index in [1.165, 1.54) is 0 Å². The lowest BCUT2D eigenvalue weighted by Gasteiger charge is -2.24. The molecule has 0 aliphatic carbocycles. The smallest absolute Gasteiger partial charge is 0.416 e. The molecule has 0 radical (unpaired) electrons. The molecule has 0 spiro atoms. The number of fused-ring (bicyclic) bond motifs is 2. The summed E-state index contributed by atoms with van der Waals surface area (Å²) >= 11 is 0. The monoisotopic (exact) mass is 286 g/mol. The number of pyridine rings is 1. The van der Waals surface area contributed by atoms with Gasteiger partial charge in [-0.05, 0) is 31.4 Å². The second-order valence-corrected chi connectivity index (χ2v) is 5.29. The van der Waals surface area contributed by atoms with Gasteiger partial charge in [0.1, 0.15) is 5.82 Å². The standard InChI is InChI=1S/C13H13F3N2O2/c14-13(15,16)7-3-4-17-11(5-7)18-8-1-2-10(18)9(6-8)12(19)20/h3-5,8-10H,1-2,6H2,(H,19,20). The average molecular weight is 286 g/mol. The van der Waals surface area contributed by atoms with Crippen molar-refractivity contribution in [3.05, 3.63) is 23.9 Å². The Morgan fingerprint density at radius 1 is 1.40 bits per heavy atom. The van der Waals surface area contributed by atoms with Crippen LogP contribution >= 0.6 is 0 Å². The van der Waals surface area contributed by atoms with E-state index < -0.39 is 23.6 Å². The second-order valence-electron chi connectivity index (χ2n) is 5.29. The van der Waals surface area contributed by atoms with Gasteiger partial charge in [-0.15, -0.1) is 0 Å². The number of carboxylic acids is 1. The number of nitrogens with zero attached hydrogens (tertiary/aromatic N) is 2. The first-order valence-corrected chi connectivity index (χ1v) is 6.42. The number of hydrogen-bond acceptors (Lipinski definition) is 3. The third-order valence-corrected chi connectivity index (χ3v) is 4.19. The number of alkyl halides is 3. The van der Waals surface area contributed by atoms with Crippen LogP contribution in [0.1, 0.15) is 24.8 Å². The van der Waals surface area contributed by atoms with Crippen LogP contribution in [0, 0.1) is 5.92 Å². The van der Waals surface area contributed by atoms with Crippen molar-refractivity contribution in [2.24, 2.45) is 5.92 Å². The fraction of sp³-hybridized carbons (Fsp3) is 0.538.